The highest BCUT2D eigenvalue weighted by Crippen LogP contribution is 2.29. The fraction of sp³-hybridized carbons (Fsp3) is 0.458. The summed E-state index contributed by atoms with van der Waals surface area (Å²) < 4.78 is 0. The number of likely N-dealkylation sites (N-methyl/N-ethyl adjacent to an activating group) is 2. The Labute approximate surface area is 404 Å². The van der Waals surface area contributed by atoms with Crippen molar-refractivity contribution in [3.63, 3.8) is 0 Å². The molecule has 1 unspecified atom stereocenters. The number of amides is 8. The summed E-state index contributed by atoms with van der Waals surface area (Å²) in [5.74, 6) is -4.06. The maximum absolute atomic E-state index is 14.8. The van der Waals surface area contributed by atoms with Crippen molar-refractivity contribution in [2.24, 2.45) is 0 Å². The monoisotopic (exact) mass is 970 g/mol. The van der Waals surface area contributed by atoms with E-state index in [1.54, 1.807) is 46.1 Å². The summed E-state index contributed by atoms with van der Waals surface area (Å²) in [7, 11) is 5.58. The Morgan fingerprint density at radius 1 is 0.574 bits per heavy atom. The summed E-state index contributed by atoms with van der Waals surface area (Å²) in [5, 5.41) is 23.4. The predicted molar refractivity (Wildman–Crippen MR) is 261 cm³/mol. The second-order valence-corrected chi connectivity index (χ2v) is 20.0. The average molecular weight is 971 g/mol. The van der Waals surface area contributed by atoms with E-state index in [9.17, 15) is 38.4 Å². The van der Waals surface area contributed by atoms with Crippen molar-refractivity contribution in [2.45, 2.75) is 101 Å². The zero-order valence-electron chi connectivity index (χ0n) is 39.1. The van der Waals surface area contributed by atoms with Crippen LogP contribution >= 0.6 is 21.6 Å². The van der Waals surface area contributed by atoms with Crippen LogP contribution in [0.3, 0.4) is 0 Å². The molecule has 3 aromatic carbocycles. The molecular weight excluding hydrogens is 909 g/mol. The van der Waals surface area contributed by atoms with Crippen LogP contribution in [0.15, 0.2) is 84.9 Å². The molecule has 0 saturated carbocycles. The Kier molecular flexibility index (Phi) is 18.0. The highest BCUT2D eigenvalue weighted by Gasteiger charge is 2.45. The number of carbonyl (C=O) groups excluding carboxylic acids is 8. The summed E-state index contributed by atoms with van der Waals surface area (Å²) in [6, 6.07) is 16.7. The molecule has 8 N–H and O–H groups in total. The Hall–Kier alpha value is -5.96. The van der Waals surface area contributed by atoms with Gasteiger partial charge in [-0.2, -0.15) is 0 Å². The third-order valence-electron chi connectivity index (χ3n) is 12.6. The van der Waals surface area contributed by atoms with Gasteiger partial charge in [-0.1, -0.05) is 88.3 Å². The van der Waals surface area contributed by atoms with Crippen molar-refractivity contribution in [3.05, 3.63) is 107 Å². The van der Waals surface area contributed by atoms with Crippen molar-refractivity contribution in [1.82, 2.24) is 52.3 Å². The van der Waals surface area contributed by atoms with Crippen LogP contribution in [0.25, 0.3) is 0 Å². The van der Waals surface area contributed by atoms with Crippen molar-refractivity contribution in [3.8, 4) is 0 Å². The van der Waals surface area contributed by atoms with Crippen molar-refractivity contribution < 1.29 is 38.4 Å². The Balaban J connectivity index is 1.34. The average Bonchev–Trinajstić information content (AvgIpc) is 3.98. The number of benzene rings is 3. The zero-order valence-corrected chi connectivity index (χ0v) is 40.7. The molecule has 6 bridgehead atoms. The molecule has 6 rings (SSSR count). The van der Waals surface area contributed by atoms with Gasteiger partial charge in [-0.05, 0) is 84.0 Å². The van der Waals surface area contributed by atoms with E-state index in [1.165, 1.54) is 37.5 Å². The first-order valence-corrected chi connectivity index (χ1v) is 25.3. The maximum atomic E-state index is 14.8. The fourth-order valence-electron chi connectivity index (χ4n) is 8.31. The molecule has 0 aromatic heterocycles. The van der Waals surface area contributed by atoms with E-state index in [0.717, 1.165) is 11.1 Å². The number of rotatable bonds is 12. The van der Waals surface area contributed by atoms with Crippen LogP contribution in [0, 0.1) is 0 Å². The Bertz CT molecular complexity index is 2160. The molecule has 8 amide bonds. The van der Waals surface area contributed by atoms with Gasteiger partial charge in [-0.25, -0.2) is 0 Å². The normalized spacial score (nSPS) is 24.3. The zero-order chi connectivity index (χ0) is 49.1. The maximum Gasteiger partial charge on any atom is 0.251 e. The highest BCUT2D eigenvalue weighted by molar-refractivity contribution is 8.76. The lowest BCUT2D eigenvalue weighted by atomic mass is 10.1. The van der Waals surface area contributed by atoms with E-state index >= 15 is 0 Å². The van der Waals surface area contributed by atoms with E-state index in [-0.39, 0.29) is 48.6 Å². The van der Waals surface area contributed by atoms with Gasteiger partial charge >= 0.3 is 0 Å². The number of carbonyl (C=O) groups is 8. The van der Waals surface area contributed by atoms with Crippen LogP contribution in [0.4, 0.5) is 0 Å². The van der Waals surface area contributed by atoms with Crippen molar-refractivity contribution in [1.29, 1.82) is 0 Å². The summed E-state index contributed by atoms with van der Waals surface area (Å²) >= 11 is 0. The quantitative estimate of drug-likeness (QED) is 0.120. The van der Waals surface area contributed by atoms with Gasteiger partial charge in [-0.15, -0.1) is 0 Å². The topological polar surface area (TPSA) is 239 Å². The summed E-state index contributed by atoms with van der Waals surface area (Å²) in [6.07, 6.45) is 0.123. The van der Waals surface area contributed by atoms with Crippen LogP contribution in [0.5, 0.6) is 0 Å². The third kappa shape index (κ3) is 13.0. The number of nitrogens with zero attached hydrogens (tertiary/aromatic N) is 2. The number of hydrogen-bond acceptors (Lipinski definition) is 12. The van der Waals surface area contributed by atoms with Crippen LogP contribution in [-0.2, 0) is 28.8 Å². The molecule has 20 heteroatoms. The van der Waals surface area contributed by atoms with Crippen LogP contribution < -0.4 is 42.5 Å². The Morgan fingerprint density at radius 2 is 0.956 bits per heavy atom. The standard InChI is InChI=1S/C48H62N10O8S2/c1-27(31-14-9-7-10-15-31)51-45(63)39-21-35-23-57(39)47(65)37(55-41(59)29(3)49-5)25-67-68-26-38(56-42(60)30(4)50-6)48(66)58-24-36(54-44(62)34-19-13-18-33(20-34)43(61)53-35)22-40(58)46(64)52-28(2)32-16-11-8-12-17-32/h7-20,27-30,35-40,49-50H,21-26H2,1-6H3,(H,51,63)(H,52,64)(H,53,61)(H,54,62)(H,55,59)(H,56,60)/t27-,28?,29+,30+,35+,36+,37+,38+,39+,40+/m1/s1. The van der Waals surface area contributed by atoms with E-state index < -0.39 is 108 Å². The molecule has 2 saturated heterocycles. The molecule has 10 atom stereocenters. The second-order valence-electron chi connectivity index (χ2n) is 17.4. The van der Waals surface area contributed by atoms with Gasteiger partial charge in [0.15, 0.2) is 0 Å². The number of hydrogen-bond donors (Lipinski definition) is 8. The first kappa shape index (κ1) is 51.4. The SMILES string of the molecule is CN[C@@H](C)C(=O)N[C@H]1CSSC[C@H](NC(=O)[C@H](C)NC)C(=O)N2C[C@H](C[C@H]2C(=O)N[C@H](C)c2ccccc2)NC(=O)c2cccc(c2)C(=O)N[C@H]2C[C@@H](C(=O)NC(C)c3ccccc3)N(C2)C1=O. The van der Waals surface area contributed by atoms with Crippen LogP contribution in [-0.4, -0.2) is 144 Å². The largest absolute Gasteiger partial charge is 0.348 e. The predicted octanol–water partition coefficient (Wildman–Crippen LogP) is 1.42. The molecular formula is C48H62N10O8S2. The van der Waals surface area contributed by atoms with Gasteiger partial charge in [0.2, 0.25) is 35.4 Å². The second kappa shape index (κ2) is 23.9. The lowest BCUT2D eigenvalue weighted by Crippen LogP contribution is -2.57. The number of nitrogens with one attached hydrogen (secondary N) is 8. The van der Waals surface area contributed by atoms with Gasteiger partial charge in [0, 0.05) is 47.8 Å². The third-order valence-corrected chi connectivity index (χ3v) is 15.0. The van der Waals surface area contributed by atoms with Gasteiger partial charge in [0.25, 0.3) is 11.8 Å². The molecule has 68 heavy (non-hydrogen) atoms. The molecule has 0 aliphatic carbocycles. The summed E-state index contributed by atoms with van der Waals surface area (Å²) in [5.41, 5.74) is 1.99. The lowest BCUT2D eigenvalue weighted by Gasteiger charge is -2.30. The molecule has 3 aliphatic rings. The van der Waals surface area contributed by atoms with Crippen LogP contribution in [0.2, 0.25) is 0 Å². The first-order valence-electron chi connectivity index (χ1n) is 22.8. The smallest absolute Gasteiger partial charge is 0.251 e. The minimum absolute atomic E-state index is 0.0112. The van der Waals surface area contributed by atoms with Crippen molar-refractivity contribution in [2.75, 3.05) is 38.7 Å². The molecule has 2 fully saturated rings. The molecule has 3 heterocycles. The summed E-state index contributed by atoms with van der Waals surface area (Å²) in [4.78, 5) is 115. The van der Waals surface area contributed by atoms with Crippen LogP contribution in [0.1, 0.15) is 84.5 Å². The first-order chi connectivity index (χ1) is 32.6. The number of fused-ring (bicyclic) bond motifs is 6. The van der Waals surface area contributed by atoms with Gasteiger partial charge in [0.05, 0.1) is 24.2 Å². The lowest BCUT2D eigenvalue weighted by molar-refractivity contribution is -0.141. The molecule has 18 nitrogen and oxygen atoms in total. The van der Waals surface area contributed by atoms with E-state index in [4.69, 9.17) is 0 Å². The minimum Gasteiger partial charge on any atom is -0.348 e. The van der Waals surface area contributed by atoms with Crippen molar-refractivity contribution >= 4 is 68.8 Å². The Morgan fingerprint density at radius 3 is 1.32 bits per heavy atom. The molecule has 364 valence electrons. The van der Waals surface area contributed by atoms with Gasteiger partial charge in [-0.3, -0.25) is 38.4 Å². The van der Waals surface area contributed by atoms with E-state index in [2.05, 4.69) is 42.5 Å². The minimum atomic E-state index is -1.16. The highest BCUT2D eigenvalue weighted by atomic mass is 33.1. The fourth-order valence-corrected chi connectivity index (χ4v) is 10.6. The molecule has 3 aromatic rings. The molecule has 0 spiro atoms. The van der Waals surface area contributed by atoms with E-state index in [1.807, 2.05) is 74.5 Å². The molecule has 3 aliphatic heterocycles. The van der Waals surface area contributed by atoms with E-state index in [0.29, 0.717) is 0 Å². The molecule has 0 radical (unpaired) electrons. The van der Waals surface area contributed by atoms with Gasteiger partial charge < -0.3 is 52.3 Å². The summed E-state index contributed by atoms with van der Waals surface area (Å²) in [6.45, 7) is 6.82. The van der Waals surface area contributed by atoms with Gasteiger partial charge in [0.1, 0.15) is 24.2 Å².